The average Bonchev–Trinajstić information content (AvgIpc) is 3.19. The van der Waals surface area contributed by atoms with Crippen LogP contribution in [0.4, 0.5) is 5.13 Å². The molecule has 178 valence electrons. The van der Waals surface area contributed by atoms with Crippen molar-refractivity contribution < 1.29 is 17.9 Å². The number of anilines is 1. The maximum atomic E-state index is 13.1. The van der Waals surface area contributed by atoms with Crippen LogP contribution in [0.15, 0.2) is 47.4 Å². The molecule has 10 heteroatoms. The van der Waals surface area contributed by atoms with Gasteiger partial charge in [-0.05, 0) is 63.8 Å². The molecule has 0 radical (unpaired) electrons. The number of rotatable bonds is 11. The van der Waals surface area contributed by atoms with Crippen LogP contribution in [-0.4, -0.2) is 63.8 Å². The number of ether oxygens (including phenoxy) is 1. The quantitative estimate of drug-likeness (QED) is 0.378. The molecule has 0 aliphatic carbocycles. The minimum absolute atomic E-state index is 0.106. The Morgan fingerprint density at radius 3 is 2.52 bits per heavy atom. The molecule has 0 aliphatic heterocycles. The molecular formula is C23H28ClN3O4S2. The highest BCUT2D eigenvalue weighted by Crippen LogP contribution is 2.34. The summed E-state index contributed by atoms with van der Waals surface area (Å²) in [6.45, 7) is 3.55. The number of halogens is 1. The third-order valence-corrected chi connectivity index (χ3v) is 8.06. The van der Waals surface area contributed by atoms with Gasteiger partial charge in [-0.3, -0.25) is 9.69 Å². The zero-order valence-corrected chi connectivity index (χ0v) is 21.3. The lowest BCUT2D eigenvalue weighted by Crippen LogP contribution is -2.36. The number of aromatic nitrogens is 1. The van der Waals surface area contributed by atoms with Crippen molar-refractivity contribution in [1.82, 2.24) is 9.88 Å². The Hall–Kier alpha value is -2.20. The normalized spacial score (nSPS) is 11.8. The van der Waals surface area contributed by atoms with Crippen LogP contribution in [-0.2, 0) is 14.6 Å². The van der Waals surface area contributed by atoms with Crippen LogP contribution in [0, 0.1) is 0 Å². The van der Waals surface area contributed by atoms with Gasteiger partial charge in [-0.15, -0.1) is 0 Å². The highest BCUT2D eigenvalue weighted by molar-refractivity contribution is 7.91. The predicted octanol–water partition coefficient (Wildman–Crippen LogP) is 4.50. The number of para-hydroxylation sites is 1. The molecule has 1 heterocycles. The number of nitrogens with zero attached hydrogens (tertiary/aromatic N) is 3. The summed E-state index contributed by atoms with van der Waals surface area (Å²) < 4.78 is 31.8. The first-order valence-electron chi connectivity index (χ1n) is 10.7. The number of likely N-dealkylation sites (N-methyl/N-ethyl adjacent to an activating group) is 1. The molecule has 0 fully saturated rings. The van der Waals surface area contributed by atoms with Gasteiger partial charge in [-0.2, -0.15) is 0 Å². The third kappa shape index (κ3) is 6.66. The fourth-order valence-corrected chi connectivity index (χ4v) is 5.70. The molecule has 1 amide bonds. The van der Waals surface area contributed by atoms with Gasteiger partial charge in [-0.1, -0.05) is 29.0 Å². The van der Waals surface area contributed by atoms with Crippen LogP contribution in [0.2, 0.25) is 5.02 Å². The van der Waals surface area contributed by atoms with E-state index in [0.717, 1.165) is 10.2 Å². The van der Waals surface area contributed by atoms with Crippen LogP contribution < -0.4 is 9.64 Å². The predicted molar refractivity (Wildman–Crippen MR) is 134 cm³/mol. The molecule has 3 aromatic rings. The van der Waals surface area contributed by atoms with E-state index in [1.807, 2.05) is 44.1 Å². The first-order valence-corrected chi connectivity index (χ1v) is 13.5. The van der Waals surface area contributed by atoms with E-state index in [-0.39, 0.29) is 29.4 Å². The second-order valence-corrected chi connectivity index (χ2v) is 11.3. The number of hydrogen-bond acceptors (Lipinski definition) is 7. The van der Waals surface area contributed by atoms with E-state index in [0.29, 0.717) is 35.6 Å². The van der Waals surface area contributed by atoms with Crippen molar-refractivity contribution in [3.8, 4) is 5.75 Å². The van der Waals surface area contributed by atoms with Crippen molar-refractivity contribution in [2.45, 2.75) is 24.7 Å². The molecule has 0 atom stereocenters. The average molecular weight is 510 g/mol. The van der Waals surface area contributed by atoms with Crippen LogP contribution in [0.25, 0.3) is 10.2 Å². The molecule has 0 bridgehead atoms. The fourth-order valence-electron chi connectivity index (χ4n) is 3.23. The van der Waals surface area contributed by atoms with E-state index in [4.69, 9.17) is 21.3 Å². The number of sulfone groups is 1. The largest absolute Gasteiger partial charge is 0.492 e. The van der Waals surface area contributed by atoms with Crippen molar-refractivity contribution in [3.05, 3.63) is 47.5 Å². The molecule has 7 nitrogen and oxygen atoms in total. The molecule has 0 N–H and O–H groups in total. The molecule has 0 spiro atoms. The summed E-state index contributed by atoms with van der Waals surface area (Å²) in [6, 6.07) is 11.8. The van der Waals surface area contributed by atoms with Gasteiger partial charge in [-0.25, -0.2) is 13.4 Å². The monoisotopic (exact) mass is 509 g/mol. The summed E-state index contributed by atoms with van der Waals surface area (Å²) in [5, 5.41) is 1.06. The summed E-state index contributed by atoms with van der Waals surface area (Å²) in [4.78, 5) is 21.7. The number of carbonyl (C=O) groups excluding carboxylic acids is 1. The fraction of sp³-hybridized carbons (Fsp3) is 0.391. The minimum atomic E-state index is -3.49. The van der Waals surface area contributed by atoms with Gasteiger partial charge < -0.3 is 9.64 Å². The van der Waals surface area contributed by atoms with Crippen molar-refractivity contribution in [2.75, 3.05) is 44.4 Å². The summed E-state index contributed by atoms with van der Waals surface area (Å²) in [5.74, 6) is 0.419. The van der Waals surface area contributed by atoms with E-state index < -0.39 is 9.84 Å². The second kappa shape index (κ2) is 11.3. The van der Waals surface area contributed by atoms with Gasteiger partial charge >= 0.3 is 0 Å². The minimum Gasteiger partial charge on any atom is -0.492 e. The number of fused-ring (bicyclic) bond motifs is 1. The molecule has 2 aromatic carbocycles. The van der Waals surface area contributed by atoms with Crippen molar-refractivity contribution >= 4 is 54.0 Å². The highest BCUT2D eigenvalue weighted by atomic mass is 35.5. The number of benzene rings is 2. The highest BCUT2D eigenvalue weighted by Gasteiger charge is 2.22. The lowest BCUT2D eigenvalue weighted by atomic mass is 10.3. The lowest BCUT2D eigenvalue weighted by molar-refractivity contribution is -0.118. The Labute approximate surface area is 203 Å². The van der Waals surface area contributed by atoms with Crippen LogP contribution >= 0.6 is 22.9 Å². The smallest absolute Gasteiger partial charge is 0.228 e. The molecule has 0 saturated carbocycles. The Bertz CT molecular complexity index is 1190. The standard InChI is InChI=1S/C23H28ClN3O4S2/c1-4-31-19-7-5-8-20-22(19)25-23(32-20)27(15-14-26(2)3)21(28)9-6-16-33(29,30)18-12-10-17(24)11-13-18/h5,7-8,10-13H,4,6,9,14-16H2,1-3H3. The van der Waals surface area contributed by atoms with Crippen LogP contribution in [0.5, 0.6) is 5.75 Å². The van der Waals surface area contributed by atoms with Crippen molar-refractivity contribution in [1.29, 1.82) is 0 Å². The van der Waals surface area contributed by atoms with E-state index >= 15 is 0 Å². The van der Waals surface area contributed by atoms with Crippen molar-refractivity contribution in [2.24, 2.45) is 0 Å². The van der Waals surface area contributed by atoms with Crippen molar-refractivity contribution in [3.63, 3.8) is 0 Å². The molecule has 0 unspecified atom stereocenters. The van der Waals surface area contributed by atoms with E-state index in [9.17, 15) is 13.2 Å². The zero-order chi connectivity index (χ0) is 24.0. The van der Waals surface area contributed by atoms with Crippen LogP contribution in [0.3, 0.4) is 0 Å². The van der Waals surface area contributed by atoms with Crippen LogP contribution in [0.1, 0.15) is 19.8 Å². The van der Waals surface area contributed by atoms with Gasteiger partial charge in [0.1, 0.15) is 11.3 Å². The topological polar surface area (TPSA) is 79.8 Å². The van der Waals surface area contributed by atoms with Gasteiger partial charge in [0, 0.05) is 24.5 Å². The molecule has 3 rings (SSSR count). The second-order valence-electron chi connectivity index (χ2n) is 7.76. The van der Waals surface area contributed by atoms with E-state index in [1.54, 1.807) is 17.0 Å². The maximum Gasteiger partial charge on any atom is 0.228 e. The Morgan fingerprint density at radius 2 is 1.85 bits per heavy atom. The first kappa shape index (κ1) is 25.4. The van der Waals surface area contributed by atoms with Gasteiger partial charge in [0.2, 0.25) is 5.91 Å². The molecule has 1 aromatic heterocycles. The zero-order valence-electron chi connectivity index (χ0n) is 19.0. The molecule has 0 aliphatic rings. The van der Waals surface area contributed by atoms with Gasteiger partial charge in [0.25, 0.3) is 0 Å². The van der Waals surface area contributed by atoms with E-state index in [2.05, 4.69) is 0 Å². The third-order valence-electron chi connectivity index (χ3n) is 4.95. The Kier molecular flexibility index (Phi) is 8.69. The number of hydrogen-bond donors (Lipinski definition) is 0. The summed E-state index contributed by atoms with van der Waals surface area (Å²) in [5.41, 5.74) is 0.729. The maximum absolute atomic E-state index is 13.1. The molecule has 33 heavy (non-hydrogen) atoms. The van der Waals surface area contributed by atoms with Gasteiger partial charge in [0.15, 0.2) is 15.0 Å². The van der Waals surface area contributed by atoms with Gasteiger partial charge in [0.05, 0.1) is 22.0 Å². The Balaban J connectivity index is 1.75. The van der Waals surface area contributed by atoms with E-state index in [1.165, 1.54) is 23.5 Å². The number of amides is 1. The summed E-state index contributed by atoms with van der Waals surface area (Å²) >= 11 is 7.28. The summed E-state index contributed by atoms with van der Waals surface area (Å²) in [7, 11) is 0.386. The molecule has 0 saturated heterocycles. The number of carbonyl (C=O) groups is 1. The number of thiazole rings is 1. The summed E-state index contributed by atoms with van der Waals surface area (Å²) in [6.07, 6.45) is 0.325. The Morgan fingerprint density at radius 1 is 1.12 bits per heavy atom. The SMILES string of the molecule is CCOc1cccc2sc(N(CCN(C)C)C(=O)CCCS(=O)(=O)c3ccc(Cl)cc3)nc12. The first-order chi connectivity index (χ1) is 15.7. The molecular weight excluding hydrogens is 482 g/mol. The lowest BCUT2D eigenvalue weighted by Gasteiger charge is -2.22.